The number of rotatable bonds is 3. The summed E-state index contributed by atoms with van der Waals surface area (Å²) >= 11 is 0. The Morgan fingerprint density at radius 3 is 2.65 bits per heavy atom. The van der Waals surface area contributed by atoms with Crippen molar-refractivity contribution in [2.45, 2.75) is 33.7 Å². The van der Waals surface area contributed by atoms with Crippen LogP contribution in [0.2, 0.25) is 0 Å². The van der Waals surface area contributed by atoms with E-state index in [9.17, 15) is 0 Å². The lowest BCUT2D eigenvalue weighted by atomic mass is 10.1. The van der Waals surface area contributed by atoms with Gasteiger partial charge in [-0.3, -0.25) is 4.98 Å². The zero-order chi connectivity index (χ0) is 12.4. The summed E-state index contributed by atoms with van der Waals surface area (Å²) in [6, 6.07) is 2.15. The van der Waals surface area contributed by atoms with Crippen LogP contribution in [0.4, 0.5) is 5.69 Å². The van der Waals surface area contributed by atoms with Gasteiger partial charge in [-0.05, 0) is 39.3 Å². The lowest BCUT2D eigenvalue weighted by Gasteiger charge is -2.16. The van der Waals surface area contributed by atoms with Gasteiger partial charge in [-0.25, -0.2) is 0 Å². The second-order valence-corrected chi connectivity index (χ2v) is 4.29. The average molecular weight is 231 g/mol. The number of anilines is 1. The molecule has 0 fully saturated rings. The SMILES string of the molecule is Cc1cnccc1NC(C)c1c(C)noc1C. The van der Waals surface area contributed by atoms with Gasteiger partial charge in [-0.1, -0.05) is 5.16 Å². The topological polar surface area (TPSA) is 51.0 Å². The van der Waals surface area contributed by atoms with E-state index in [0.29, 0.717) is 0 Å². The fourth-order valence-corrected chi connectivity index (χ4v) is 2.05. The van der Waals surface area contributed by atoms with Gasteiger partial charge in [0.1, 0.15) is 5.76 Å². The van der Waals surface area contributed by atoms with E-state index in [0.717, 1.165) is 28.3 Å². The van der Waals surface area contributed by atoms with E-state index in [1.165, 1.54) is 0 Å². The summed E-state index contributed by atoms with van der Waals surface area (Å²) in [6.45, 7) is 8.04. The van der Waals surface area contributed by atoms with E-state index in [1.54, 1.807) is 6.20 Å². The summed E-state index contributed by atoms with van der Waals surface area (Å²) in [5.74, 6) is 0.870. The molecule has 0 bridgehead atoms. The van der Waals surface area contributed by atoms with Gasteiger partial charge < -0.3 is 9.84 Å². The van der Waals surface area contributed by atoms with Gasteiger partial charge in [-0.2, -0.15) is 0 Å². The third kappa shape index (κ3) is 2.30. The van der Waals surface area contributed by atoms with Gasteiger partial charge in [0.25, 0.3) is 0 Å². The third-order valence-electron chi connectivity index (χ3n) is 2.91. The molecule has 0 aliphatic rings. The predicted molar refractivity (Wildman–Crippen MR) is 67.0 cm³/mol. The van der Waals surface area contributed by atoms with Crippen LogP contribution in [-0.4, -0.2) is 10.1 Å². The van der Waals surface area contributed by atoms with Crippen molar-refractivity contribution in [3.05, 3.63) is 41.0 Å². The molecule has 90 valence electrons. The van der Waals surface area contributed by atoms with Gasteiger partial charge in [0, 0.05) is 23.6 Å². The number of nitrogens with one attached hydrogen (secondary N) is 1. The van der Waals surface area contributed by atoms with E-state index in [4.69, 9.17) is 4.52 Å². The molecule has 2 aromatic heterocycles. The van der Waals surface area contributed by atoms with Gasteiger partial charge in [0.05, 0.1) is 11.7 Å². The summed E-state index contributed by atoms with van der Waals surface area (Å²) in [5, 5.41) is 7.43. The van der Waals surface area contributed by atoms with Crippen molar-refractivity contribution < 1.29 is 4.52 Å². The molecule has 0 radical (unpaired) electrons. The van der Waals surface area contributed by atoms with Crippen molar-refractivity contribution in [3.63, 3.8) is 0 Å². The lowest BCUT2D eigenvalue weighted by Crippen LogP contribution is -2.09. The Labute approximate surface area is 101 Å². The first kappa shape index (κ1) is 11.6. The first-order chi connectivity index (χ1) is 8.09. The molecule has 0 spiro atoms. The molecule has 2 heterocycles. The Balaban J connectivity index is 2.23. The van der Waals surface area contributed by atoms with Gasteiger partial charge in [0.15, 0.2) is 0 Å². The van der Waals surface area contributed by atoms with Crippen LogP contribution < -0.4 is 5.32 Å². The summed E-state index contributed by atoms with van der Waals surface area (Å²) < 4.78 is 5.18. The fourth-order valence-electron chi connectivity index (χ4n) is 2.05. The Hall–Kier alpha value is -1.84. The van der Waals surface area contributed by atoms with Crippen LogP contribution in [0.5, 0.6) is 0 Å². The number of hydrogen-bond donors (Lipinski definition) is 1. The lowest BCUT2D eigenvalue weighted by molar-refractivity contribution is 0.392. The van der Waals surface area contributed by atoms with Crippen LogP contribution in [0, 0.1) is 20.8 Å². The Morgan fingerprint density at radius 2 is 2.06 bits per heavy atom. The fraction of sp³-hybridized carbons (Fsp3) is 0.385. The number of aryl methyl sites for hydroxylation is 3. The molecule has 0 aliphatic heterocycles. The summed E-state index contributed by atoms with van der Waals surface area (Å²) in [5.41, 5.74) is 4.29. The first-order valence-electron chi connectivity index (χ1n) is 5.69. The second-order valence-electron chi connectivity index (χ2n) is 4.29. The summed E-state index contributed by atoms with van der Waals surface area (Å²) in [4.78, 5) is 4.08. The standard InChI is InChI=1S/C13H17N3O/c1-8-7-14-6-5-12(8)15-9(2)13-10(3)16-17-11(13)4/h5-7,9H,1-4H3,(H,14,15). The van der Waals surface area contributed by atoms with Crippen molar-refractivity contribution >= 4 is 5.69 Å². The number of aromatic nitrogens is 2. The molecular formula is C13H17N3O. The minimum atomic E-state index is 0.169. The van der Waals surface area contributed by atoms with Crippen LogP contribution in [0.1, 0.15) is 35.5 Å². The van der Waals surface area contributed by atoms with Crippen LogP contribution in [-0.2, 0) is 0 Å². The average Bonchev–Trinajstić information content (AvgIpc) is 2.62. The van der Waals surface area contributed by atoms with Crippen LogP contribution in [0.15, 0.2) is 23.0 Å². The molecule has 2 rings (SSSR count). The highest BCUT2D eigenvalue weighted by Crippen LogP contribution is 2.25. The van der Waals surface area contributed by atoms with Crippen LogP contribution in [0.25, 0.3) is 0 Å². The first-order valence-corrected chi connectivity index (χ1v) is 5.69. The summed E-state index contributed by atoms with van der Waals surface area (Å²) in [6.07, 6.45) is 3.64. The van der Waals surface area contributed by atoms with Crippen molar-refractivity contribution in [1.29, 1.82) is 0 Å². The predicted octanol–water partition coefficient (Wildman–Crippen LogP) is 3.17. The minimum Gasteiger partial charge on any atom is -0.378 e. The highest BCUT2D eigenvalue weighted by Gasteiger charge is 2.16. The number of hydrogen-bond acceptors (Lipinski definition) is 4. The number of nitrogens with zero attached hydrogens (tertiary/aromatic N) is 2. The number of pyridine rings is 1. The summed E-state index contributed by atoms with van der Waals surface area (Å²) in [7, 11) is 0. The molecular weight excluding hydrogens is 214 g/mol. The molecule has 0 amide bonds. The Kier molecular flexibility index (Phi) is 3.13. The smallest absolute Gasteiger partial charge is 0.139 e. The molecule has 17 heavy (non-hydrogen) atoms. The maximum absolute atomic E-state index is 5.18. The molecule has 0 saturated heterocycles. The molecule has 1 N–H and O–H groups in total. The molecule has 4 nitrogen and oxygen atoms in total. The highest BCUT2D eigenvalue weighted by molar-refractivity contribution is 5.50. The Bertz CT molecular complexity index is 500. The molecule has 4 heteroatoms. The monoisotopic (exact) mass is 231 g/mol. The molecule has 2 aromatic rings. The van der Waals surface area contributed by atoms with E-state index in [-0.39, 0.29) is 6.04 Å². The second kappa shape index (κ2) is 4.57. The zero-order valence-electron chi connectivity index (χ0n) is 10.6. The molecule has 1 atom stereocenters. The van der Waals surface area contributed by atoms with Gasteiger partial charge >= 0.3 is 0 Å². The quantitative estimate of drug-likeness (QED) is 0.881. The van der Waals surface area contributed by atoms with Crippen LogP contribution >= 0.6 is 0 Å². The highest BCUT2D eigenvalue weighted by atomic mass is 16.5. The maximum atomic E-state index is 5.18. The van der Waals surface area contributed by atoms with E-state index < -0.39 is 0 Å². The molecule has 1 unspecified atom stereocenters. The molecule has 0 saturated carbocycles. The van der Waals surface area contributed by atoms with E-state index in [1.807, 2.05) is 33.0 Å². The van der Waals surface area contributed by atoms with Gasteiger partial charge in [-0.15, -0.1) is 0 Å². The van der Waals surface area contributed by atoms with E-state index >= 15 is 0 Å². The Morgan fingerprint density at radius 1 is 1.29 bits per heavy atom. The van der Waals surface area contributed by atoms with Crippen molar-refractivity contribution in [2.24, 2.45) is 0 Å². The van der Waals surface area contributed by atoms with Crippen molar-refractivity contribution in [2.75, 3.05) is 5.32 Å². The van der Waals surface area contributed by atoms with Crippen molar-refractivity contribution in [1.82, 2.24) is 10.1 Å². The largest absolute Gasteiger partial charge is 0.378 e. The van der Waals surface area contributed by atoms with Gasteiger partial charge in [0.2, 0.25) is 0 Å². The van der Waals surface area contributed by atoms with Crippen molar-refractivity contribution in [3.8, 4) is 0 Å². The third-order valence-corrected chi connectivity index (χ3v) is 2.91. The van der Waals surface area contributed by atoms with Crippen LogP contribution in [0.3, 0.4) is 0 Å². The minimum absolute atomic E-state index is 0.169. The zero-order valence-corrected chi connectivity index (χ0v) is 10.6. The molecule has 0 aliphatic carbocycles. The molecule has 0 aromatic carbocycles. The maximum Gasteiger partial charge on any atom is 0.139 e. The normalized spacial score (nSPS) is 12.5. The van der Waals surface area contributed by atoms with E-state index in [2.05, 4.69) is 22.4 Å².